The number of aromatic amines is 1. The first kappa shape index (κ1) is 25.0. The average molecular weight is 490 g/mol. The molecule has 0 aliphatic heterocycles. The molecule has 0 unspecified atom stereocenters. The molecule has 10 heteroatoms. The van der Waals surface area contributed by atoms with E-state index >= 15 is 0 Å². The molecule has 0 saturated carbocycles. The highest BCUT2D eigenvalue weighted by Gasteiger charge is 2.21. The van der Waals surface area contributed by atoms with Crippen molar-refractivity contribution in [1.82, 2.24) is 34.6 Å². The largest absolute Gasteiger partial charge is 0.348 e. The van der Waals surface area contributed by atoms with Crippen LogP contribution in [0.15, 0.2) is 40.1 Å². The summed E-state index contributed by atoms with van der Waals surface area (Å²) in [6.45, 7) is 12.3. The van der Waals surface area contributed by atoms with E-state index in [-0.39, 0.29) is 35.0 Å². The average Bonchev–Trinajstić information content (AvgIpc) is 3.17. The fourth-order valence-electron chi connectivity index (χ4n) is 4.09. The molecule has 1 amide bonds. The van der Waals surface area contributed by atoms with Gasteiger partial charge in [-0.3, -0.25) is 19.1 Å². The van der Waals surface area contributed by atoms with Gasteiger partial charge in [0.15, 0.2) is 11.5 Å². The molecule has 188 valence electrons. The minimum absolute atomic E-state index is 0.00558. The highest BCUT2D eigenvalue weighted by atomic mass is 16.2. The van der Waals surface area contributed by atoms with Gasteiger partial charge in [0.2, 0.25) is 0 Å². The molecule has 0 atom stereocenters. The molecule has 36 heavy (non-hydrogen) atoms. The molecule has 10 nitrogen and oxygen atoms in total. The lowest BCUT2D eigenvalue weighted by atomic mass is 10.0. The number of hydrogen-bond acceptors (Lipinski definition) is 6. The van der Waals surface area contributed by atoms with Crippen molar-refractivity contribution in [1.29, 1.82) is 0 Å². The van der Waals surface area contributed by atoms with E-state index in [1.54, 1.807) is 16.9 Å². The van der Waals surface area contributed by atoms with Gasteiger partial charge in [-0.1, -0.05) is 33.8 Å². The van der Waals surface area contributed by atoms with Crippen molar-refractivity contribution in [3.8, 4) is 5.82 Å². The van der Waals surface area contributed by atoms with Crippen molar-refractivity contribution in [2.24, 2.45) is 5.92 Å². The van der Waals surface area contributed by atoms with Gasteiger partial charge in [0.1, 0.15) is 0 Å². The van der Waals surface area contributed by atoms with Crippen LogP contribution in [0.25, 0.3) is 16.9 Å². The first-order chi connectivity index (χ1) is 17.0. The SMILES string of the molecule is Cc1cc(C)n(-c2ccc(CNC(=O)c3cc(C(C)C)nc4c3c(=O)[nH]c(=O)n4CC(C)C)cn2)n1. The lowest BCUT2D eigenvalue weighted by Gasteiger charge is -2.16. The summed E-state index contributed by atoms with van der Waals surface area (Å²) in [7, 11) is 0. The van der Waals surface area contributed by atoms with Crippen molar-refractivity contribution in [3.63, 3.8) is 0 Å². The Morgan fingerprint density at radius 3 is 2.44 bits per heavy atom. The van der Waals surface area contributed by atoms with E-state index in [2.05, 4.69) is 25.4 Å². The molecule has 0 aliphatic carbocycles. The lowest BCUT2D eigenvalue weighted by Crippen LogP contribution is -2.34. The van der Waals surface area contributed by atoms with E-state index in [9.17, 15) is 14.4 Å². The summed E-state index contributed by atoms with van der Waals surface area (Å²) in [6, 6.07) is 7.32. The molecule has 0 aliphatic rings. The highest BCUT2D eigenvalue weighted by Crippen LogP contribution is 2.20. The van der Waals surface area contributed by atoms with E-state index < -0.39 is 17.2 Å². The third-order valence-corrected chi connectivity index (χ3v) is 5.84. The zero-order chi connectivity index (χ0) is 26.1. The second-order valence-corrected chi connectivity index (χ2v) is 9.76. The van der Waals surface area contributed by atoms with E-state index in [0.717, 1.165) is 17.0 Å². The van der Waals surface area contributed by atoms with Crippen LogP contribution in [0, 0.1) is 19.8 Å². The van der Waals surface area contributed by atoms with Crippen molar-refractivity contribution < 1.29 is 4.79 Å². The molecule has 4 aromatic rings. The number of carbonyl (C=O) groups excluding carboxylic acids is 1. The molecule has 0 radical (unpaired) electrons. The molecule has 0 spiro atoms. The van der Waals surface area contributed by atoms with Crippen LogP contribution in [-0.2, 0) is 13.1 Å². The predicted molar refractivity (Wildman–Crippen MR) is 138 cm³/mol. The molecule has 0 fully saturated rings. The smallest absolute Gasteiger partial charge is 0.330 e. The van der Waals surface area contributed by atoms with Gasteiger partial charge in [0, 0.05) is 30.7 Å². The first-order valence-electron chi connectivity index (χ1n) is 12.0. The Kier molecular flexibility index (Phi) is 6.87. The monoisotopic (exact) mass is 489 g/mol. The van der Waals surface area contributed by atoms with Crippen LogP contribution in [-0.4, -0.2) is 35.2 Å². The molecule has 0 aromatic carbocycles. The second kappa shape index (κ2) is 9.88. The number of H-pyrrole nitrogens is 1. The number of fused-ring (bicyclic) bond motifs is 1. The minimum Gasteiger partial charge on any atom is -0.348 e. The van der Waals surface area contributed by atoms with Gasteiger partial charge in [-0.05, 0) is 49.4 Å². The first-order valence-corrected chi connectivity index (χ1v) is 12.0. The van der Waals surface area contributed by atoms with Gasteiger partial charge in [0.05, 0.1) is 16.6 Å². The molecule has 0 saturated heterocycles. The maximum absolute atomic E-state index is 13.3. The van der Waals surface area contributed by atoms with Crippen LogP contribution >= 0.6 is 0 Å². The third-order valence-electron chi connectivity index (χ3n) is 5.84. The van der Waals surface area contributed by atoms with Crippen molar-refractivity contribution in [2.45, 2.75) is 60.5 Å². The normalized spacial score (nSPS) is 11.6. The molecular weight excluding hydrogens is 458 g/mol. The summed E-state index contributed by atoms with van der Waals surface area (Å²) in [5, 5.41) is 7.42. The number of pyridine rings is 2. The lowest BCUT2D eigenvalue weighted by molar-refractivity contribution is 0.0952. The maximum Gasteiger partial charge on any atom is 0.330 e. The second-order valence-electron chi connectivity index (χ2n) is 9.76. The van der Waals surface area contributed by atoms with Crippen LogP contribution in [0.1, 0.15) is 66.6 Å². The van der Waals surface area contributed by atoms with Crippen LogP contribution in [0.3, 0.4) is 0 Å². The number of nitrogens with zero attached hydrogens (tertiary/aromatic N) is 5. The van der Waals surface area contributed by atoms with Crippen molar-refractivity contribution in [3.05, 3.63) is 79.5 Å². The fourth-order valence-corrected chi connectivity index (χ4v) is 4.09. The molecule has 0 bridgehead atoms. The quantitative estimate of drug-likeness (QED) is 0.411. The molecule has 4 aromatic heterocycles. The van der Waals surface area contributed by atoms with Crippen LogP contribution in [0.4, 0.5) is 0 Å². The number of aryl methyl sites for hydroxylation is 2. The van der Waals surface area contributed by atoms with Gasteiger partial charge in [0.25, 0.3) is 11.5 Å². The number of amides is 1. The summed E-state index contributed by atoms with van der Waals surface area (Å²) < 4.78 is 3.20. The molecular formula is C26H31N7O3. The van der Waals surface area contributed by atoms with E-state index in [1.165, 1.54) is 4.57 Å². The van der Waals surface area contributed by atoms with Crippen molar-refractivity contribution >= 4 is 16.9 Å². The molecule has 2 N–H and O–H groups in total. The zero-order valence-corrected chi connectivity index (χ0v) is 21.4. The Labute approximate surface area is 208 Å². The fraction of sp³-hybridized carbons (Fsp3) is 0.385. The number of carbonyl (C=O) groups is 1. The van der Waals surface area contributed by atoms with Crippen LogP contribution < -0.4 is 16.6 Å². The summed E-state index contributed by atoms with van der Waals surface area (Å²) in [4.78, 5) is 50.1. The number of rotatable bonds is 7. The number of aromatic nitrogens is 6. The topological polar surface area (TPSA) is 128 Å². The Hall–Kier alpha value is -4.08. The van der Waals surface area contributed by atoms with Crippen LogP contribution in [0.5, 0.6) is 0 Å². The van der Waals surface area contributed by atoms with Crippen LogP contribution in [0.2, 0.25) is 0 Å². The van der Waals surface area contributed by atoms with E-state index in [0.29, 0.717) is 18.1 Å². The molecule has 4 heterocycles. The Morgan fingerprint density at radius 1 is 1.11 bits per heavy atom. The number of hydrogen-bond donors (Lipinski definition) is 2. The summed E-state index contributed by atoms with van der Waals surface area (Å²) in [6.07, 6.45) is 1.68. The van der Waals surface area contributed by atoms with Gasteiger partial charge in [-0.15, -0.1) is 0 Å². The van der Waals surface area contributed by atoms with Gasteiger partial charge in [-0.25, -0.2) is 19.4 Å². The Balaban J connectivity index is 1.67. The Bertz CT molecular complexity index is 1540. The third kappa shape index (κ3) is 4.98. The van der Waals surface area contributed by atoms with Crippen molar-refractivity contribution in [2.75, 3.05) is 0 Å². The van der Waals surface area contributed by atoms with Gasteiger partial charge in [-0.2, -0.15) is 5.10 Å². The van der Waals surface area contributed by atoms with E-state index in [1.807, 2.05) is 59.7 Å². The summed E-state index contributed by atoms with van der Waals surface area (Å²) in [5.41, 5.74) is 2.57. The van der Waals surface area contributed by atoms with Gasteiger partial charge < -0.3 is 5.32 Å². The molecule has 4 rings (SSSR count). The van der Waals surface area contributed by atoms with E-state index in [4.69, 9.17) is 0 Å². The summed E-state index contributed by atoms with van der Waals surface area (Å²) in [5.74, 6) is 0.400. The maximum atomic E-state index is 13.3. The predicted octanol–water partition coefficient (Wildman–Crippen LogP) is 2.99. The Morgan fingerprint density at radius 2 is 1.86 bits per heavy atom. The van der Waals surface area contributed by atoms with Gasteiger partial charge >= 0.3 is 5.69 Å². The summed E-state index contributed by atoms with van der Waals surface area (Å²) >= 11 is 0. The standard InChI is InChI=1S/C26H31N7O3/c1-14(2)13-32-23-22(25(35)30-26(32)36)19(10-20(29-23)15(3)4)24(34)28-12-18-7-8-21(27-11-18)33-17(6)9-16(5)31-33/h7-11,14-15H,12-13H2,1-6H3,(H,28,34)(H,30,35,36). The highest BCUT2D eigenvalue weighted by molar-refractivity contribution is 6.05. The minimum atomic E-state index is -0.626. The zero-order valence-electron chi connectivity index (χ0n) is 21.4. The number of nitrogens with one attached hydrogen (secondary N) is 2.